The van der Waals surface area contributed by atoms with Gasteiger partial charge in [0, 0.05) is 22.6 Å². The topological polar surface area (TPSA) is 82.0 Å². The molecule has 7 nitrogen and oxygen atoms in total. The third-order valence-electron chi connectivity index (χ3n) is 3.83. The number of nitrogens with one attached hydrogen (secondary N) is 2. The highest BCUT2D eigenvalue weighted by Crippen LogP contribution is 2.13. The maximum Gasteiger partial charge on any atom is 0.224 e. The van der Waals surface area contributed by atoms with E-state index in [2.05, 4.69) is 44.6 Å². The smallest absolute Gasteiger partial charge is 0.224 e. The quantitative estimate of drug-likeness (QED) is 0.0618. The van der Waals surface area contributed by atoms with E-state index in [4.69, 9.17) is 29.7 Å². The highest BCUT2D eigenvalue weighted by molar-refractivity contribution is 6.76. The fraction of sp³-hybridized carbons (Fsp3) is 0.947. The van der Waals surface area contributed by atoms with Gasteiger partial charge in [0.2, 0.25) is 5.90 Å². The number of ether oxygens (including phenoxy) is 1. The molecule has 0 aliphatic carbocycles. The van der Waals surface area contributed by atoms with E-state index in [0.717, 1.165) is 13.0 Å². The van der Waals surface area contributed by atoms with E-state index in [0.29, 0.717) is 33.0 Å². The minimum Gasteiger partial charge on any atom is -0.376 e. The van der Waals surface area contributed by atoms with Gasteiger partial charge in [-0.05, 0) is 26.3 Å². The van der Waals surface area contributed by atoms with E-state index >= 15 is 0 Å². The van der Waals surface area contributed by atoms with E-state index in [-0.39, 0.29) is 12.0 Å². The molecule has 0 saturated carbocycles. The maximum absolute atomic E-state index is 7.76. The molecule has 9 heteroatoms. The van der Waals surface area contributed by atoms with Gasteiger partial charge in [-0.1, -0.05) is 51.4 Å². The van der Waals surface area contributed by atoms with E-state index in [9.17, 15) is 0 Å². The molecule has 28 heavy (non-hydrogen) atoms. The average molecular weight is 437 g/mol. The van der Waals surface area contributed by atoms with Gasteiger partial charge in [-0.25, -0.2) is 9.78 Å². The Hall–Kier alpha value is -0.296. The minimum absolute atomic E-state index is 0.180. The summed E-state index contributed by atoms with van der Waals surface area (Å²) in [5.41, 5.74) is 0. The van der Waals surface area contributed by atoms with Gasteiger partial charge in [0.05, 0.1) is 13.2 Å². The molecule has 0 saturated heterocycles. The fourth-order valence-corrected chi connectivity index (χ4v) is 4.76. The van der Waals surface area contributed by atoms with Crippen LogP contribution in [0, 0.1) is 5.41 Å². The second-order valence-corrected chi connectivity index (χ2v) is 20.9. The van der Waals surface area contributed by atoms with Crippen LogP contribution in [-0.4, -0.2) is 61.2 Å². The van der Waals surface area contributed by atoms with E-state index in [1.165, 1.54) is 18.5 Å². The van der Waals surface area contributed by atoms with E-state index in [1.54, 1.807) is 0 Å². The van der Waals surface area contributed by atoms with Crippen LogP contribution in [-0.2, 0) is 24.3 Å². The summed E-state index contributed by atoms with van der Waals surface area (Å²) in [6.45, 7) is 18.4. The second-order valence-electron chi connectivity index (χ2n) is 9.65. The first-order chi connectivity index (χ1) is 13.0. The molecule has 1 unspecified atom stereocenters. The summed E-state index contributed by atoms with van der Waals surface area (Å²) in [4.78, 5) is 20.3. The first-order valence-corrected chi connectivity index (χ1v) is 17.8. The lowest BCUT2D eigenvalue weighted by Gasteiger charge is -2.16. The van der Waals surface area contributed by atoms with Crippen LogP contribution in [0.1, 0.15) is 26.2 Å². The van der Waals surface area contributed by atoms with Crippen molar-refractivity contribution in [2.24, 2.45) is 0 Å². The van der Waals surface area contributed by atoms with Crippen molar-refractivity contribution in [1.29, 1.82) is 5.41 Å². The fourth-order valence-electron chi connectivity index (χ4n) is 2.29. The van der Waals surface area contributed by atoms with Crippen molar-refractivity contribution in [3.63, 3.8) is 0 Å². The lowest BCUT2D eigenvalue weighted by molar-refractivity contribution is -0.306. The number of rotatable bonds is 18. The monoisotopic (exact) mass is 436 g/mol. The largest absolute Gasteiger partial charge is 0.376 e. The predicted octanol–water partition coefficient (Wildman–Crippen LogP) is 4.66. The van der Waals surface area contributed by atoms with E-state index < -0.39 is 16.1 Å². The van der Waals surface area contributed by atoms with E-state index in [1.807, 2.05) is 6.92 Å². The SMILES string of the molecule is CC(COCCOOCNCCC[Si](C)(C)C)OOC(=N)CCC[Si](C)(C)C. The van der Waals surface area contributed by atoms with Crippen molar-refractivity contribution in [3.05, 3.63) is 0 Å². The average Bonchev–Trinajstić information content (AvgIpc) is 2.55. The van der Waals surface area contributed by atoms with Crippen molar-refractivity contribution < 1.29 is 24.3 Å². The second kappa shape index (κ2) is 15.5. The van der Waals surface area contributed by atoms with Crippen LogP contribution >= 0.6 is 0 Å². The van der Waals surface area contributed by atoms with Gasteiger partial charge in [0.1, 0.15) is 19.4 Å². The van der Waals surface area contributed by atoms with Crippen LogP contribution in [0.3, 0.4) is 0 Å². The molecule has 0 rings (SSSR count). The highest BCUT2D eigenvalue weighted by Gasteiger charge is 2.14. The molecule has 0 aromatic rings. The zero-order valence-corrected chi connectivity index (χ0v) is 21.2. The van der Waals surface area contributed by atoms with Gasteiger partial charge >= 0.3 is 0 Å². The molecule has 0 spiro atoms. The molecule has 0 aliphatic heterocycles. The van der Waals surface area contributed by atoms with Crippen LogP contribution in [0.25, 0.3) is 0 Å². The van der Waals surface area contributed by atoms with Crippen LogP contribution in [0.5, 0.6) is 0 Å². The Kier molecular flexibility index (Phi) is 15.4. The maximum atomic E-state index is 7.76. The summed E-state index contributed by atoms with van der Waals surface area (Å²) in [7, 11) is -1.99. The third-order valence-corrected chi connectivity index (χ3v) is 7.54. The molecule has 2 N–H and O–H groups in total. The summed E-state index contributed by atoms with van der Waals surface area (Å²) in [5.74, 6) is 0.180. The van der Waals surface area contributed by atoms with Crippen molar-refractivity contribution in [2.45, 2.75) is 83.7 Å². The van der Waals surface area contributed by atoms with Gasteiger partial charge in [-0.3, -0.25) is 10.7 Å². The molecule has 0 amide bonds. The molecular weight excluding hydrogens is 392 g/mol. The Labute approximate surface area is 174 Å². The Bertz CT molecular complexity index is 401. The Morgan fingerprint density at radius 1 is 0.929 bits per heavy atom. The minimum atomic E-state index is -1.05. The van der Waals surface area contributed by atoms with Gasteiger partial charge in [-0.15, -0.1) is 0 Å². The lowest BCUT2D eigenvalue weighted by atomic mass is 10.3. The van der Waals surface area contributed by atoms with Crippen LogP contribution in [0.2, 0.25) is 51.4 Å². The van der Waals surface area contributed by atoms with Gasteiger partial charge < -0.3 is 9.62 Å². The van der Waals surface area contributed by atoms with Gasteiger partial charge in [-0.2, -0.15) is 4.89 Å². The molecule has 168 valence electrons. The Morgan fingerprint density at radius 2 is 1.57 bits per heavy atom. The molecule has 0 fully saturated rings. The van der Waals surface area contributed by atoms with Crippen molar-refractivity contribution >= 4 is 22.0 Å². The summed E-state index contributed by atoms with van der Waals surface area (Å²) in [5, 5.41) is 11.0. The molecule has 1 atom stereocenters. The van der Waals surface area contributed by atoms with Crippen LogP contribution < -0.4 is 5.32 Å². The zero-order valence-electron chi connectivity index (χ0n) is 19.2. The molecule has 0 heterocycles. The predicted molar refractivity (Wildman–Crippen MR) is 120 cm³/mol. The molecular formula is C19H44N2O5Si2. The third kappa shape index (κ3) is 22.0. The lowest BCUT2D eigenvalue weighted by Crippen LogP contribution is -2.24. The van der Waals surface area contributed by atoms with Crippen LogP contribution in [0.4, 0.5) is 0 Å². The van der Waals surface area contributed by atoms with Crippen molar-refractivity contribution in [3.8, 4) is 0 Å². The summed E-state index contributed by atoms with van der Waals surface area (Å²) < 4.78 is 5.45. The number of hydrogen-bond donors (Lipinski definition) is 2. The molecule has 0 aromatic heterocycles. The normalized spacial score (nSPS) is 13.5. The summed E-state index contributed by atoms with van der Waals surface area (Å²) >= 11 is 0. The summed E-state index contributed by atoms with van der Waals surface area (Å²) in [6, 6.07) is 2.50. The van der Waals surface area contributed by atoms with Crippen molar-refractivity contribution in [1.82, 2.24) is 5.32 Å². The Balaban J connectivity index is 3.39. The zero-order chi connectivity index (χ0) is 21.5. The molecule has 0 aromatic carbocycles. The first kappa shape index (κ1) is 27.7. The highest BCUT2D eigenvalue weighted by atomic mass is 28.3. The number of hydrogen-bond acceptors (Lipinski definition) is 7. The first-order valence-electron chi connectivity index (χ1n) is 10.4. The molecule has 0 radical (unpaired) electrons. The standard InChI is InChI=1S/C19H44N2O5Si2/c1-18(25-26-19(20)10-8-14-27(2,3)4)16-22-12-13-23-24-17-21-11-9-15-28(5,6)7/h18,20-21H,8-17H2,1-7H3. The van der Waals surface area contributed by atoms with Crippen LogP contribution in [0.15, 0.2) is 0 Å². The van der Waals surface area contributed by atoms with Crippen molar-refractivity contribution in [2.75, 3.05) is 33.1 Å². The Morgan fingerprint density at radius 3 is 2.21 bits per heavy atom. The summed E-state index contributed by atoms with van der Waals surface area (Å²) in [6.07, 6.45) is 2.53. The molecule has 0 aliphatic rings. The van der Waals surface area contributed by atoms with Gasteiger partial charge in [0.15, 0.2) is 0 Å². The van der Waals surface area contributed by atoms with Gasteiger partial charge in [0.25, 0.3) is 0 Å². The molecule has 0 bridgehead atoms.